The van der Waals surface area contributed by atoms with Gasteiger partial charge in [-0.3, -0.25) is 4.79 Å². The topological polar surface area (TPSA) is 17.1 Å². The van der Waals surface area contributed by atoms with Crippen LogP contribution in [0.2, 0.25) is 0 Å². The van der Waals surface area contributed by atoms with Crippen LogP contribution in [0.3, 0.4) is 0 Å². The summed E-state index contributed by atoms with van der Waals surface area (Å²) in [6, 6.07) is 10.1. The highest BCUT2D eigenvalue weighted by Crippen LogP contribution is 2.30. The van der Waals surface area contributed by atoms with Crippen LogP contribution in [0.1, 0.15) is 44.1 Å². The molecule has 0 spiro atoms. The Hall–Kier alpha value is -1.11. The lowest BCUT2D eigenvalue weighted by molar-refractivity contribution is -0.123. The van der Waals surface area contributed by atoms with Gasteiger partial charge in [0.15, 0.2) is 0 Å². The Kier molecular flexibility index (Phi) is 3.20. The van der Waals surface area contributed by atoms with E-state index >= 15 is 0 Å². The monoisotopic (exact) mass is 202 g/mol. The number of benzene rings is 1. The first-order valence-electron chi connectivity index (χ1n) is 5.87. The molecule has 1 aromatic carbocycles. The molecule has 1 aliphatic carbocycles. The molecule has 1 saturated carbocycles. The van der Waals surface area contributed by atoms with E-state index in [0.717, 1.165) is 18.4 Å². The molecule has 1 atom stereocenters. The van der Waals surface area contributed by atoms with E-state index in [1.165, 1.54) is 12.8 Å². The fraction of sp³-hybridized carbons (Fsp3) is 0.500. The Morgan fingerprint density at radius 2 is 1.80 bits per heavy atom. The summed E-state index contributed by atoms with van der Waals surface area (Å²) in [7, 11) is 0. The molecule has 0 radical (unpaired) electrons. The number of rotatable bonds is 3. The maximum absolute atomic E-state index is 12.1. The molecule has 1 nitrogen and oxygen atoms in total. The van der Waals surface area contributed by atoms with Crippen molar-refractivity contribution >= 4 is 5.78 Å². The Morgan fingerprint density at radius 1 is 1.20 bits per heavy atom. The van der Waals surface area contributed by atoms with Crippen molar-refractivity contribution in [3.05, 3.63) is 35.9 Å². The predicted octanol–water partition coefficient (Wildman–Crippen LogP) is 3.55. The van der Waals surface area contributed by atoms with Gasteiger partial charge in [0.1, 0.15) is 5.78 Å². The van der Waals surface area contributed by atoms with Crippen LogP contribution in [0.5, 0.6) is 0 Å². The predicted molar refractivity (Wildman–Crippen MR) is 61.8 cm³/mol. The zero-order chi connectivity index (χ0) is 10.7. The highest BCUT2D eigenvalue weighted by molar-refractivity contribution is 5.87. The summed E-state index contributed by atoms with van der Waals surface area (Å²) >= 11 is 0. The van der Waals surface area contributed by atoms with E-state index in [2.05, 4.69) is 12.1 Å². The average Bonchev–Trinajstić information content (AvgIpc) is 2.82. The first kappa shape index (κ1) is 10.4. The number of carbonyl (C=O) groups excluding carboxylic acids is 1. The highest BCUT2D eigenvalue weighted by Gasteiger charge is 2.27. The fourth-order valence-corrected chi connectivity index (χ4v) is 2.47. The van der Waals surface area contributed by atoms with Crippen molar-refractivity contribution in [2.45, 2.75) is 38.5 Å². The third-order valence-electron chi connectivity index (χ3n) is 3.48. The van der Waals surface area contributed by atoms with Crippen molar-refractivity contribution < 1.29 is 4.79 Å². The number of Topliss-reactive ketones (excluding diaryl/α,β-unsaturated/α-hetero) is 1. The van der Waals surface area contributed by atoms with Crippen molar-refractivity contribution in [3.63, 3.8) is 0 Å². The summed E-state index contributed by atoms with van der Waals surface area (Å²) in [4.78, 5) is 12.1. The van der Waals surface area contributed by atoms with Crippen molar-refractivity contribution in [2.75, 3.05) is 0 Å². The lowest BCUT2D eigenvalue weighted by atomic mass is 9.88. The molecule has 1 heteroatoms. The summed E-state index contributed by atoms with van der Waals surface area (Å²) < 4.78 is 0. The van der Waals surface area contributed by atoms with E-state index in [1.807, 2.05) is 25.1 Å². The molecule has 1 aromatic rings. The Balaban J connectivity index is 2.07. The van der Waals surface area contributed by atoms with Gasteiger partial charge in [0, 0.05) is 11.8 Å². The molecule has 1 unspecified atom stereocenters. The van der Waals surface area contributed by atoms with E-state index in [0.29, 0.717) is 11.7 Å². The fourth-order valence-electron chi connectivity index (χ4n) is 2.47. The molecule has 0 aliphatic heterocycles. The molecule has 0 bridgehead atoms. The molecular weight excluding hydrogens is 184 g/mol. The highest BCUT2D eigenvalue weighted by atomic mass is 16.1. The molecule has 80 valence electrons. The first-order chi connectivity index (χ1) is 7.29. The summed E-state index contributed by atoms with van der Waals surface area (Å²) in [5.41, 5.74) is 1.16. The summed E-state index contributed by atoms with van der Waals surface area (Å²) in [5.74, 6) is 0.855. The Labute approximate surface area is 91.5 Å². The number of carbonyl (C=O) groups is 1. The van der Waals surface area contributed by atoms with Crippen molar-refractivity contribution in [1.29, 1.82) is 0 Å². The van der Waals surface area contributed by atoms with Crippen LogP contribution in [-0.4, -0.2) is 5.78 Å². The van der Waals surface area contributed by atoms with Crippen LogP contribution in [0.15, 0.2) is 30.3 Å². The van der Waals surface area contributed by atoms with Crippen LogP contribution in [0, 0.1) is 5.92 Å². The van der Waals surface area contributed by atoms with Gasteiger partial charge in [0.05, 0.1) is 0 Å². The van der Waals surface area contributed by atoms with Crippen LogP contribution < -0.4 is 0 Å². The van der Waals surface area contributed by atoms with Crippen LogP contribution >= 0.6 is 0 Å². The van der Waals surface area contributed by atoms with Gasteiger partial charge in [0.25, 0.3) is 0 Å². The minimum atomic E-state index is 0.0781. The Bertz CT molecular complexity index is 322. The minimum absolute atomic E-state index is 0.0781. The Morgan fingerprint density at radius 3 is 2.40 bits per heavy atom. The van der Waals surface area contributed by atoms with Gasteiger partial charge in [-0.05, 0) is 18.4 Å². The van der Waals surface area contributed by atoms with Crippen LogP contribution in [0.4, 0.5) is 0 Å². The van der Waals surface area contributed by atoms with Crippen LogP contribution in [0.25, 0.3) is 0 Å². The smallest absolute Gasteiger partial charge is 0.143 e. The molecule has 0 N–H and O–H groups in total. The van der Waals surface area contributed by atoms with E-state index in [1.54, 1.807) is 0 Å². The molecule has 0 saturated heterocycles. The van der Waals surface area contributed by atoms with Crippen LogP contribution in [-0.2, 0) is 4.79 Å². The van der Waals surface area contributed by atoms with Crippen molar-refractivity contribution in [1.82, 2.24) is 0 Å². The first-order valence-corrected chi connectivity index (χ1v) is 5.87. The average molecular weight is 202 g/mol. The molecular formula is C14H18O. The van der Waals surface area contributed by atoms with E-state index < -0.39 is 0 Å². The summed E-state index contributed by atoms with van der Waals surface area (Å²) in [6.45, 7) is 2.04. The van der Waals surface area contributed by atoms with Crippen molar-refractivity contribution in [2.24, 2.45) is 5.92 Å². The van der Waals surface area contributed by atoms with Gasteiger partial charge in [-0.2, -0.15) is 0 Å². The van der Waals surface area contributed by atoms with Gasteiger partial charge in [-0.25, -0.2) is 0 Å². The lowest BCUT2D eigenvalue weighted by Gasteiger charge is -2.15. The molecule has 1 fully saturated rings. The maximum Gasteiger partial charge on any atom is 0.143 e. The van der Waals surface area contributed by atoms with Crippen molar-refractivity contribution in [3.8, 4) is 0 Å². The van der Waals surface area contributed by atoms with E-state index in [9.17, 15) is 4.79 Å². The number of hydrogen-bond acceptors (Lipinski definition) is 1. The summed E-state index contributed by atoms with van der Waals surface area (Å²) in [6.07, 6.45) is 4.68. The second-order valence-corrected chi connectivity index (χ2v) is 4.52. The van der Waals surface area contributed by atoms with Gasteiger partial charge in [0.2, 0.25) is 0 Å². The molecule has 0 amide bonds. The SMILES string of the molecule is CC(C(=O)C1CCCC1)c1ccccc1. The quantitative estimate of drug-likeness (QED) is 0.732. The molecule has 0 aromatic heterocycles. The maximum atomic E-state index is 12.1. The van der Waals surface area contributed by atoms with Gasteiger partial charge in [-0.15, -0.1) is 0 Å². The summed E-state index contributed by atoms with van der Waals surface area (Å²) in [5, 5.41) is 0. The van der Waals surface area contributed by atoms with E-state index in [-0.39, 0.29) is 5.92 Å². The molecule has 1 aliphatic rings. The zero-order valence-electron chi connectivity index (χ0n) is 9.28. The molecule has 2 rings (SSSR count). The lowest BCUT2D eigenvalue weighted by Crippen LogP contribution is -2.17. The minimum Gasteiger partial charge on any atom is -0.299 e. The van der Waals surface area contributed by atoms with Gasteiger partial charge in [-0.1, -0.05) is 50.1 Å². The normalized spacial score (nSPS) is 19.0. The molecule has 15 heavy (non-hydrogen) atoms. The third kappa shape index (κ3) is 2.28. The third-order valence-corrected chi connectivity index (χ3v) is 3.48. The van der Waals surface area contributed by atoms with Gasteiger partial charge < -0.3 is 0 Å². The largest absolute Gasteiger partial charge is 0.299 e. The van der Waals surface area contributed by atoms with Gasteiger partial charge >= 0.3 is 0 Å². The second kappa shape index (κ2) is 4.61. The van der Waals surface area contributed by atoms with E-state index in [4.69, 9.17) is 0 Å². The second-order valence-electron chi connectivity index (χ2n) is 4.52. The molecule has 0 heterocycles. The number of ketones is 1. The standard InChI is InChI=1S/C14H18O/c1-11(12-7-3-2-4-8-12)14(15)13-9-5-6-10-13/h2-4,7-8,11,13H,5-6,9-10H2,1H3. The number of hydrogen-bond donors (Lipinski definition) is 0. The zero-order valence-corrected chi connectivity index (χ0v) is 9.28.